The van der Waals surface area contributed by atoms with Crippen molar-refractivity contribution in [1.29, 1.82) is 0 Å². The van der Waals surface area contributed by atoms with Gasteiger partial charge in [-0.15, -0.1) is 0 Å². The Morgan fingerprint density at radius 2 is 1.76 bits per heavy atom. The Balaban J connectivity index is 2.05. The van der Waals surface area contributed by atoms with Crippen molar-refractivity contribution < 1.29 is 0 Å². The molecular formula is C18H19N3. The largest absolute Gasteiger partial charge is 0.322 e. The highest BCUT2D eigenvalue weighted by Gasteiger charge is 2.13. The first-order chi connectivity index (χ1) is 9.99. The maximum atomic E-state index is 6.12. The predicted octanol–water partition coefficient (Wildman–Crippen LogP) is 4.07. The number of H-pyrrole nitrogens is 1. The van der Waals surface area contributed by atoms with Crippen LogP contribution in [0, 0.1) is 0 Å². The van der Waals surface area contributed by atoms with Crippen molar-refractivity contribution in [1.82, 2.24) is 10.2 Å². The lowest BCUT2D eigenvalue weighted by molar-refractivity contribution is 0.554. The Morgan fingerprint density at radius 1 is 1.10 bits per heavy atom. The standard InChI is InChI=1S/C18H19N3/c1-4-16-15-11-13(7-10-17(15)21-20-16)12-5-8-14(9-6-12)18(2,3)19/h4-11H,1,19H2,2-3H3,(H,20,21). The van der Waals surface area contributed by atoms with Gasteiger partial charge in [0.05, 0.1) is 11.2 Å². The lowest BCUT2D eigenvalue weighted by Gasteiger charge is -2.19. The van der Waals surface area contributed by atoms with Crippen molar-refractivity contribution in [3.63, 3.8) is 0 Å². The summed E-state index contributed by atoms with van der Waals surface area (Å²) in [6.45, 7) is 7.82. The lowest BCUT2D eigenvalue weighted by atomic mass is 9.93. The number of nitrogens with two attached hydrogens (primary N) is 1. The van der Waals surface area contributed by atoms with Gasteiger partial charge in [0.25, 0.3) is 0 Å². The van der Waals surface area contributed by atoms with E-state index in [1.54, 1.807) is 6.08 Å². The zero-order valence-electron chi connectivity index (χ0n) is 12.4. The summed E-state index contributed by atoms with van der Waals surface area (Å²) >= 11 is 0. The monoisotopic (exact) mass is 277 g/mol. The van der Waals surface area contributed by atoms with Gasteiger partial charge in [-0.3, -0.25) is 5.10 Å². The summed E-state index contributed by atoms with van der Waals surface area (Å²) in [5.74, 6) is 0. The molecule has 3 aromatic rings. The summed E-state index contributed by atoms with van der Waals surface area (Å²) < 4.78 is 0. The normalized spacial score (nSPS) is 11.8. The van der Waals surface area contributed by atoms with Gasteiger partial charge in [0.15, 0.2) is 0 Å². The minimum atomic E-state index is -0.316. The smallest absolute Gasteiger partial charge is 0.0921 e. The number of rotatable bonds is 3. The van der Waals surface area contributed by atoms with E-state index in [1.165, 1.54) is 5.56 Å². The van der Waals surface area contributed by atoms with Gasteiger partial charge in [-0.25, -0.2) is 0 Å². The van der Waals surface area contributed by atoms with Crippen LogP contribution in [0.1, 0.15) is 25.1 Å². The highest BCUT2D eigenvalue weighted by atomic mass is 15.1. The Morgan fingerprint density at radius 3 is 2.38 bits per heavy atom. The summed E-state index contributed by atoms with van der Waals surface area (Å²) in [6.07, 6.45) is 1.77. The summed E-state index contributed by atoms with van der Waals surface area (Å²) in [6, 6.07) is 14.7. The molecule has 0 spiro atoms. The molecular weight excluding hydrogens is 258 g/mol. The first-order valence-corrected chi connectivity index (χ1v) is 6.99. The van der Waals surface area contributed by atoms with E-state index in [0.717, 1.165) is 27.7 Å². The number of fused-ring (bicyclic) bond motifs is 1. The number of hydrogen-bond acceptors (Lipinski definition) is 2. The van der Waals surface area contributed by atoms with E-state index in [0.29, 0.717) is 0 Å². The third kappa shape index (κ3) is 2.48. The first-order valence-electron chi connectivity index (χ1n) is 6.99. The number of benzene rings is 2. The van der Waals surface area contributed by atoms with Crippen molar-refractivity contribution in [3.05, 3.63) is 60.3 Å². The molecule has 1 aromatic heterocycles. The van der Waals surface area contributed by atoms with Crippen LogP contribution >= 0.6 is 0 Å². The summed E-state index contributed by atoms with van der Waals surface area (Å²) in [4.78, 5) is 0. The van der Waals surface area contributed by atoms with E-state index in [9.17, 15) is 0 Å². The molecule has 1 heterocycles. The summed E-state index contributed by atoms with van der Waals surface area (Å²) in [5, 5.41) is 8.33. The minimum absolute atomic E-state index is 0.316. The molecule has 0 radical (unpaired) electrons. The average Bonchev–Trinajstić information content (AvgIpc) is 2.88. The van der Waals surface area contributed by atoms with Crippen molar-refractivity contribution in [2.45, 2.75) is 19.4 Å². The zero-order chi connectivity index (χ0) is 15.0. The number of nitrogens with one attached hydrogen (secondary N) is 1. The molecule has 106 valence electrons. The second kappa shape index (κ2) is 4.86. The Bertz CT molecular complexity index is 789. The fraction of sp³-hybridized carbons (Fsp3) is 0.167. The van der Waals surface area contributed by atoms with Gasteiger partial charge in [0, 0.05) is 10.9 Å². The molecule has 3 rings (SSSR count). The quantitative estimate of drug-likeness (QED) is 0.758. The number of aromatic nitrogens is 2. The molecule has 0 atom stereocenters. The van der Waals surface area contributed by atoms with Gasteiger partial charge in [0.2, 0.25) is 0 Å². The Hall–Kier alpha value is -2.39. The van der Waals surface area contributed by atoms with Crippen molar-refractivity contribution in [2.24, 2.45) is 5.73 Å². The minimum Gasteiger partial charge on any atom is -0.322 e. The van der Waals surface area contributed by atoms with Crippen LogP contribution < -0.4 is 5.73 Å². The molecule has 0 unspecified atom stereocenters. The van der Waals surface area contributed by atoms with Crippen LogP contribution in [0.15, 0.2) is 49.0 Å². The van der Waals surface area contributed by atoms with E-state index in [2.05, 4.69) is 53.2 Å². The molecule has 0 aliphatic rings. The molecule has 0 aliphatic carbocycles. The second-order valence-corrected chi connectivity index (χ2v) is 5.87. The zero-order valence-corrected chi connectivity index (χ0v) is 12.4. The van der Waals surface area contributed by atoms with E-state index in [1.807, 2.05) is 19.9 Å². The Labute approximate surface area is 124 Å². The van der Waals surface area contributed by atoms with Gasteiger partial charge in [-0.2, -0.15) is 5.10 Å². The van der Waals surface area contributed by atoms with Crippen LogP contribution in [0.25, 0.3) is 28.1 Å². The molecule has 0 fully saturated rings. The van der Waals surface area contributed by atoms with E-state index < -0.39 is 0 Å². The number of nitrogens with zero attached hydrogens (tertiary/aromatic N) is 1. The predicted molar refractivity (Wildman–Crippen MR) is 88.8 cm³/mol. The molecule has 0 saturated carbocycles. The topological polar surface area (TPSA) is 54.7 Å². The van der Waals surface area contributed by atoms with E-state index >= 15 is 0 Å². The van der Waals surface area contributed by atoms with Crippen molar-refractivity contribution in [2.75, 3.05) is 0 Å². The summed E-state index contributed by atoms with van der Waals surface area (Å²) in [7, 11) is 0. The SMILES string of the molecule is C=Cc1n[nH]c2ccc(-c3ccc(C(C)(C)N)cc3)cc12. The summed E-state index contributed by atoms with van der Waals surface area (Å²) in [5.41, 5.74) is 11.2. The maximum Gasteiger partial charge on any atom is 0.0921 e. The van der Waals surface area contributed by atoms with Gasteiger partial charge in [-0.05, 0) is 48.7 Å². The van der Waals surface area contributed by atoms with Crippen LogP contribution in [0.4, 0.5) is 0 Å². The highest BCUT2D eigenvalue weighted by Crippen LogP contribution is 2.27. The van der Waals surface area contributed by atoms with Gasteiger partial charge < -0.3 is 5.73 Å². The number of aromatic amines is 1. The van der Waals surface area contributed by atoms with Gasteiger partial charge in [-0.1, -0.05) is 36.9 Å². The third-order valence-corrected chi connectivity index (χ3v) is 3.75. The molecule has 2 aromatic carbocycles. The van der Waals surface area contributed by atoms with Gasteiger partial charge in [0.1, 0.15) is 0 Å². The second-order valence-electron chi connectivity index (χ2n) is 5.87. The van der Waals surface area contributed by atoms with Gasteiger partial charge >= 0.3 is 0 Å². The van der Waals surface area contributed by atoms with Crippen molar-refractivity contribution in [3.8, 4) is 11.1 Å². The third-order valence-electron chi connectivity index (χ3n) is 3.75. The fourth-order valence-corrected chi connectivity index (χ4v) is 2.46. The molecule has 0 saturated heterocycles. The Kier molecular flexibility index (Phi) is 3.15. The van der Waals surface area contributed by atoms with Crippen molar-refractivity contribution >= 4 is 17.0 Å². The first kappa shape index (κ1) is 13.6. The lowest BCUT2D eigenvalue weighted by Crippen LogP contribution is -2.28. The number of hydrogen-bond donors (Lipinski definition) is 2. The molecule has 0 bridgehead atoms. The van der Waals surface area contributed by atoms with Crippen LogP contribution in [0.5, 0.6) is 0 Å². The molecule has 21 heavy (non-hydrogen) atoms. The molecule has 3 nitrogen and oxygen atoms in total. The van der Waals surface area contributed by atoms with Crippen LogP contribution in [-0.2, 0) is 5.54 Å². The average molecular weight is 277 g/mol. The molecule has 3 N–H and O–H groups in total. The van der Waals surface area contributed by atoms with Crippen LogP contribution in [0.3, 0.4) is 0 Å². The molecule has 3 heteroatoms. The highest BCUT2D eigenvalue weighted by molar-refractivity contribution is 5.90. The maximum absolute atomic E-state index is 6.12. The fourth-order valence-electron chi connectivity index (χ4n) is 2.46. The molecule has 0 amide bonds. The van der Waals surface area contributed by atoms with Crippen LogP contribution in [-0.4, -0.2) is 10.2 Å². The van der Waals surface area contributed by atoms with E-state index in [4.69, 9.17) is 5.73 Å². The van der Waals surface area contributed by atoms with E-state index in [-0.39, 0.29) is 5.54 Å². The van der Waals surface area contributed by atoms with Crippen LogP contribution in [0.2, 0.25) is 0 Å². The molecule has 0 aliphatic heterocycles.